The lowest BCUT2D eigenvalue weighted by Crippen LogP contribution is -2.25. The third-order valence-corrected chi connectivity index (χ3v) is 4.71. The molecule has 0 aliphatic carbocycles. The van der Waals surface area contributed by atoms with E-state index in [-0.39, 0.29) is 22.9 Å². The van der Waals surface area contributed by atoms with Crippen molar-refractivity contribution in [3.05, 3.63) is 65.2 Å². The van der Waals surface area contributed by atoms with E-state index in [2.05, 4.69) is 16.0 Å². The van der Waals surface area contributed by atoms with Gasteiger partial charge in [0.1, 0.15) is 0 Å². The molecule has 0 saturated carbocycles. The van der Waals surface area contributed by atoms with Crippen molar-refractivity contribution in [2.45, 2.75) is 18.4 Å². The summed E-state index contributed by atoms with van der Waals surface area (Å²) in [6.45, 7) is 2.24. The number of carbonyl (C=O) groups excluding carboxylic acids is 1. The number of sulfonamides is 1. The van der Waals surface area contributed by atoms with E-state index in [1.807, 2.05) is 31.2 Å². The average molecular weight is 342 g/mol. The molecule has 0 saturated heterocycles. The van der Waals surface area contributed by atoms with Crippen molar-refractivity contribution in [1.29, 1.82) is 0 Å². The number of aryl methyl sites for hydroxylation is 1. The topological polar surface area (TPSA) is 75.3 Å². The third kappa shape index (κ3) is 4.69. The van der Waals surface area contributed by atoms with Gasteiger partial charge in [-0.3, -0.25) is 4.79 Å². The molecule has 2 rings (SSSR count). The molecular weight excluding hydrogens is 324 g/mol. The Morgan fingerprint density at radius 1 is 1.17 bits per heavy atom. The molecule has 2 aromatic carbocycles. The molecule has 0 fully saturated rings. The van der Waals surface area contributed by atoms with Gasteiger partial charge in [-0.05, 0) is 30.7 Å². The van der Waals surface area contributed by atoms with Gasteiger partial charge in [-0.1, -0.05) is 41.8 Å². The second kappa shape index (κ2) is 7.77. The van der Waals surface area contributed by atoms with Crippen LogP contribution in [0.25, 0.3) is 0 Å². The first-order valence-corrected chi connectivity index (χ1v) is 8.77. The Kier molecular flexibility index (Phi) is 5.74. The summed E-state index contributed by atoms with van der Waals surface area (Å²) in [5.74, 6) is 1.86. The Morgan fingerprint density at radius 2 is 1.92 bits per heavy atom. The van der Waals surface area contributed by atoms with E-state index in [0.29, 0.717) is 6.54 Å². The summed E-state index contributed by atoms with van der Waals surface area (Å²) in [4.78, 5) is 12.2. The van der Waals surface area contributed by atoms with Crippen LogP contribution in [-0.2, 0) is 16.6 Å². The molecule has 6 heteroatoms. The predicted octanol–water partition coefficient (Wildman–Crippen LogP) is 1.84. The number of nitrogens with one attached hydrogen (secondary N) is 2. The van der Waals surface area contributed by atoms with Crippen LogP contribution < -0.4 is 10.0 Å². The number of amides is 1. The van der Waals surface area contributed by atoms with Gasteiger partial charge in [-0.25, -0.2) is 8.42 Å². The van der Waals surface area contributed by atoms with E-state index in [0.717, 1.165) is 11.1 Å². The van der Waals surface area contributed by atoms with Gasteiger partial charge < -0.3 is 5.32 Å². The second-order valence-electron chi connectivity index (χ2n) is 5.23. The largest absolute Gasteiger partial charge is 0.348 e. The minimum Gasteiger partial charge on any atom is -0.348 e. The lowest BCUT2D eigenvalue weighted by molar-refractivity contribution is 0.0950. The summed E-state index contributed by atoms with van der Waals surface area (Å²) in [6.07, 6.45) is 5.06. The van der Waals surface area contributed by atoms with E-state index < -0.39 is 10.0 Å². The lowest BCUT2D eigenvalue weighted by Gasteiger charge is -2.08. The van der Waals surface area contributed by atoms with Crippen LogP contribution in [0.15, 0.2) is 53.4 Å². The van der Waals surface area contributed by atoms with Crippen LogP contribution in [0.3, 0.4) is 0 Å². The molecular formula is C18H18N2O3S. The number of benzene rings is 2. The molecule has 0 aliphatic rings. The molecule has 2 N–H and O–H groups in total. The molecule has 124 valence electrons. The Bertz CT molecular complexity index is 883. The molecule has 24 heavy (non-hydrogen) atoms. The Morgan fingerprint density at radius 3 is 2.62 bits per heavy atom. The van der Waals surface area contributed by atoms with Gasteiger partial charge in [0, 0.05) is 12.1 Å². The molecule has 5 nitrogen and oxygen atoms in total. The maximum atomic E-state index is 12.2. The zero-order valence-corrected chi connectivity index (χ0v) is 14.1. The Hall–Kier alpha value is -2.62. The van der Waals surface area contributed by atoms with E-state index in [1.54, 1.807) is 6.07 Å². The summed E-state index contributed by atoms with van der Waals surface area (Å²) in [7, 11) is -3.72. The smallest absolute Gasteiger partial charge is 0.251 e. The van der Waals surface area contributed by atoms with Crippen molar-refractivity contribution in [2.75, 3.05) is 6.54 Å². The van der Waals surface area contributed by atoms with E-state index >= 15 is 0 Å². The lowest BCUT2D eigenvalue weighted by atomic mass is 10.1. The highest BCUT2D eigenvalue weighted by Gasteiger charge is 2.15. The first-order valence-electron chi connectivity index (χ1n) is 7.29. The van der Waals surface area contributed by atoms with Gasteiger partial charge in [0.15, 0.2) is 0 Å². The molecule has 1 amide bonds. The number of terminal acetylenes is 1. The summed E-state index contributed by atoms with van der Waals surface area (Å²) >= 11 is 0. The summed E-state index contributed by atoms with van der Waals surface area (Å²) < 4.78 is 26.3. The highest BCUT2D eigenvalue weighted by molar-refractivity contribution is 7.89. The SMILES string of the molecule is C#CCNS(=O)(=O)c1cccc(C(=O)NCc2cccc(C)c2)c1. The average Bonchev–Trinajstić information content (AvgIpc) is 2.58. The maximum absolute atomic E-state index is 12.2. The van der Waals surface area contributed by atoms with Crippen LogP contribution in [0.2, 0.25) is 0 Å². The van der Waals surface area contributed by atoms with Gasteiger partial charge in [0.25, 0.3) is 5.91 Å². The highest BCUT2D eigenvalue weighted by atomic mass is 32.2. The second-order valence-corrected chi connectivity index (χ2v) is 7.00. The molecule has 0 aliphatic heterocycles. The van der Waals surface area contributed by atoms with E-state index in [9.17, 15) is 13.2 Å². The zero-order valence-electron chi connectivity index (χ0n) is 13.2. The molecule has 0 heterocycles. The normalized spacial score (nSPS) is 10.8. The van der Waals surface area contributed by atoms with Crippen LogP contribution in [0.5, 0.6) is 0 Å². The minimum absolute atomic E-state index is 0.000885. The minimum atomic E-state index is -3.72. The van der Waals surface area contributed by atoms with Crippen LogP contribution >= 0.6 is 0 Å². The highest BCUT2D eigenvalue weighted by Crippen LogP contribution is 2.12. The van der Waals surface area contributed by atoms with Gasteiger partial charge in [0.05, 0.1) is 11.4 Å². The molecule has 0 atom stereocenters. The zero-order chi connectivity index (χ0) is 17.6. The fourth-order valence-electron chi connectivity index (χ4n) is 2.13. The molecule has 0 radical (unpaired) electrons. The number of hydrogen-bond donors (Lipinski definition) is 2. The monoisotopic (exact) mass is 342 g/mol. The van der Waals surface area contributed by atoms with E-state index in [4.69, 9.17) is 6.42 Å². The van der Waals surface area contributed by atoms with Gasteiger partial charge in [0.2, 0.25) is 10.0 Å². The quantitative estimate of drug-likeness (QED) is 0.787. The Labute approximate surface area is 142 Å². The van der Waals surface area contributed by atoms with Gasteiger partial charge in [-0.2, -0.15) is 4.72 Å². The van der Waals surface area contributed by atoms with Crippen molar-refractivity contribution in [3.8, 4) is 12.3 Å². The molecule has 0 spiro atoms. The van der Waals surface area contributed by atoms with Crippen molar-refractivity contribution < 1.29 is 13.2 Å². The summed E-state index contributed by atoms with van der Waals surface area (Å²) in [6, 6.07) is 13.6. The van der Waals surface area contributed by atoms with Crippen LogP contribution in [0.4, 0.5) is 0 Å². The molecule has 0 bridgehead atoms. The van der Waals surface area contributed by atoms with Gasteiger partial charge >= 0.3 is 0 Å². The van der Waals surface area contributed by atoms with Gasteiger partial charge in [-0.15, -0.1) is 6.42 Å². The number of rotatable bonds is 6. The van der Waals surface area contributed by atoms with Crippen molar-refractivity contribution >= 4 is 15.9 Å². The fourth-order valence-corrected chi connectivity index (χ4v) is 3.11. The summed E-state index contributed by atoms with van der Waals surface area (Å²) in [5, 5.41) is 2.78. The van der Waals surface area contributed by atoms with Crippen LogP contribution in [0.1, 0.15) is 21.5 Å². The summed E-state index contributed by atoms with van der Waals surface area (Å²) in [5.41, 5.74) is 2.35. The number of hydrogen-bond acceptors (Lipinski definition) is 3. The first kappa shape index (κ1) is 17.7. The molecule has 2 aromatic rings. The predicted molar refractivity (Wildman–Crippen MR) is 92.8 cm³/mol. The first-order chi connectivity index (χ1) is 11.4. The third-order valence-electron chi connectivity index (χ3n) is 3.31. The standard InChI is InChI=1S/C18H18N2O3S/c1-3-10-20-24(22,23)17-9-5-8-16(12-17)18(21)19-13-15-7-4-6-14(2)11-15/h1,4-9,11-12,20H,10,13H2,2H3,(H,19,21). The van der Waals surface area contributed by atoms with Crippen LogP contribution in [0, 0.1) is 19.3 Å². The fraction of sp³-hybridized carbons (Fsp3) is 0.167. The van der Waals surface area contributed by atoms with Crippen molar-refractivity contribution in [1.82, 2.24) is 10.0 Å². The Balaban J connectivity index is 2.10. The molecule has 0 aromatic heterocycles. The maximum Gasteiger partial charge on any atom is 0.251 e. The van der Waals surface area contributed by atoms with E-state index in [1.165, 1.54) is 18.2 Å². The van der Waals surface area contributed by atoms with Crippen LogP contribution in [-0.4, -0.2) is 20.9 Å². The number of carbonyl (C=O) groups is 1. The van der Waals surface area contributed by atoms with Crippen molar-refractivity contribution in [2.24, 2.45) is 0 Å². The van der Waals surface area contributed by atoms with Crippen molar-refractivity contribution in [3.63, 3.8) is 0 Å². The molecule has 0 unspecified atom stereocenters.